The third-order valence-electron chi connectivity index (χ3n) is 4.74. The monoisotopic (exact) mass is 252 g/mol. The second-order valence-electron chi connectivity index (χ2n) is 7.10. The predicted molar refractivity (Wildman–Crippen MR) is 78.8 cm³/mol. The number of hydrogen-bond donors (Lipinski definition) is 1. The molecule has 0 amide bonds. The minimum atomic E-state index is 0.772. The zero-order valence-electron chi connectivity index (χ0n) is 12.8. The molecule has 2 aliphatic rings. The van der Waals surface area contributed by atoms with Gasteiger partial charge in [-0.25, -0.2) is 0 Å². The molecule has 0 spiro atoms. The van der Waals surface area contributed by atoms with E-state index in [-0.39, 0.29) is 0 Å². The number of rotatable bonds is 6. The van der Waals surface area contributed by atoms with Crippen molar-refractivity contribution in [2.24, 2.45) is 17.8 Å². The van der Waals surface area contributed by atoms with Crippen LogP contribution in [0.1, 0.15) is 53.4 Å². The van der Waals surface area contributed by atoms with Crippen LogP contribution in [0.4, 0.5) is 0 Å². The van der Waals surface area contributed by atoms with E-state index in [1.165, 1.54) is 45.3 Å². The van der Waals surface area contributed by atoms with Crippen LogP contribution in [0.2, 0.25) is 0 Å². The third kappa shape index (κ3) is 3.96. The summed E-state index contributed by atoms with van der Waals surface area (Å²) in [5.41, 5.74) is 0. The van der Waals surface area contributed by atoms with Gasteiger partial charge in [0.2, 0.25) is 0 Å². The lowest BCUT2D eigenvalue weighted by Gasteiger charge is -2.42. The zero-order chi connectivity index (χ0) is 13.1. The summed E-state index contributed by atoms with van der Waals surface area (Å²) in [5, 5.41) is 3.82. The van der Waals surface area contributed by atoms with Crippen LogP contribution >= 0.6 is 0 Å². The molecule has 1 saturated carbocycles. The Bertz CT molecular complexity index is 247. The molecule has 18 heavy (non-hydrogen) atoms. The lowest BCUT2D eigenvalue weighted by molar-refractivity contribution is 0.0917. The van der Waals surface area contributed by atoms with Gasteiger partial charge in [-0.15, -0.1) is 0 Å². The van der Waals surface area contributed by atoms with Gasteiger partial charge in [-0.05, 0) is 37.0 Å². The van der Waals surface area contributed by atoms with Crippen molar-refractivity contribution >= 4 is 0 Å². The van der Waals surface area contributed by atoms with Crippen LogP contribution in [0.3, 0.4) is 0 Å². The Morgan fingerprint density at radius 3 is 2.50 bits per heavy atom. The largest absolute Gasteiger partial charge is 0.311 e. The average molecular weight is 252 g/mol. The predicted octanol–water partition coefficient (Wildman–Crippen LogP) is 3.13. The summed E-state index contributed by atoms with van der Waals surface area (Å²) in [6.45, 7) is 13.3. The number of piperazine rings is 1. The molecule has 0 bridgehead atoms. The second-order valence-corrected chi connectivity index (χ2v) is 7.10. The van der Waals surface area contributed by atoms with Gasteiger partial charge >= 0.3 is 0 Å². The summed E-state index contributed by atoms with van der Waals surface area (Å²) in [7, 11) is 0. The fourth-order valence-corrected chi connectivity index (χ4v) is 3.23. The molecule has 1 aliphatic heterocycles. The number of hydrogen-bond acceptors (Lipinski definition) is 2. The minimum absolute atomic E-state index is 0.772. The fourth-order valence-electron chi connectivity index (χ4n) is 3.23. The van der Waals surface area contributed by atoms with Gasteiger partial charge in [0, 0.05) is 31.7 Å². The standard InChI is InChI=1S/C16H32N2/c1-5-13(4)10-18-11-16(14-6-7-14)17-9-15(18)8-12(2)3/h12-17H,5-11H2,1-4H3. The van der Waals surface area contributed by atoms with Crippen molar-refractivity contribution in [1.82, 2.24) is 10.2 Å². The summed E-state index contributed by atoms with van der Waals surface area (Å²) < 4.78 is 0. The van der Waals surface area contributed by atoms with Gasteiger partial charge < -0.3 is 5.32 Å². The van der Waals surface area contributed by atoms with Gasteiger partial charge in [0.1, 0.15) is 0 Å². The van der Waals surface area contributed by atoms with E-state index in [9.17, 15) is 0 Å². The first-order chi connectivity index (χ1) is 8.60. The first-order valence-corrected chi connectivity index (χ1v) is 8.07. The summed E-state index contributed by atoms with van der Waals surface area (Å²) in [4.78, 5) is 2.80. The van der Waals surface area contributed by atoms with Crippen molar-refractivity contribution in [2.75, 3.05) is 19.6 Å². The summed E-state index contributed by atoms with van der Waals surface area (Å²) in [5.74, 6) is 2.65. The van der Waals surface area contributed by atoms with Crippen molar-refractivity contribution < 1.29 is 0 Å². The molecule has 1 aliphatic carbocycles. The van der Waals surface area contributed by atoms with E-state index >= 15 is 0 Å². The average Bonchev–Trinajstić information content (AvgIpc) is 3.14. The topological polar surface area (TPSA) is 15.3 Å². The maximum absolute atomic E-state index is 3.82. The quantitative estimate of drug-likeness (QED) is 0.781. The van der Waals surface area contributed by atoms with E-state index in [2.05, 4.69) is 37.9 Å². The van der Waals surface area contributed by atoms with E-state index in [0.29, 0.717) is 0 Å². The fraction of sp³-hybridized carbons (Fsp3) is 1.00. The molecule has 2 fully saturated rings. The molecule has 2 rings (SSSR count). The molecule has 3 unspecified atom stereocenters. The first kappa shape index (κ1) is 14.3. The highest BCUT2D eigenvalue weighted by molar-refractivity contribution is 4.94. The highest BCUT2D eigenvalue weighted by atomic mass is 15.2. The van der Waals surface area contributed by atoms with Crippen LogP contribution in [0.25, 0.3) is 0 Å². The highest BCUT2D eigenvalue weighted by Crippen LogP contribution is 2.34. The molecule has 0 radical (unpaired) electrons. The molecule has 3 atom stereocenters. The van der Waals surface area contributed by atoms with E-state index in [1.54, 1.807) is 0 Å². The molecule has 1 N–H and O–H groups in total. The Morgan fingerprint density at radius 1 is 1.22 bits per heavy atom. The molecule has 0 aromatic carbocycles. The second kappa shape index (κ2) is 6.38. The van der Waals surface area contributed by atoms with Crippen molar-refractivity contribution in [3.8, 4) is 0 Å². The minimum Gasteiger partial charge on any atom is -0.311 e. The summed E-state index contributed by atoms with van der Waals surface area (Å²) >= 11 is 0. The SMILES string of the molecule is CCC(C)CN1CC(C2CC2)NCC1CC(C)C. The first-order valence-electron chi connectivity index (χ1n) is 8.07. The highest BCUT2D eigenvalue weighted by Gasteiger charge is 2.37. The maximum Gasteiger partial charge on any atom is 0.0224 e. The van der Waals surface area contributed by atoms with E-state index in [0.717, 1.165) is 29.8 Å². The number of nitrogens with zero attached hydrogens (tertiary/aromatic N) is 1. The van der Waals surface area contributed by atoms with Crippen LogP contribution in [-0.4, -0.2) is 36.6 Å². The van der Waals surface area contributed by atoms with Gasteiger partial charge in [-0.2, -0.15) is 0 Å². The van der Waals surface area contributed by atoms with E-state index < -0.39 is 0 Å². The molecule has 106 valence electrons. The Morgan fingerprint density at radius 2 is 1.94 bits per heavy atom. The van der Waals surface area contributed by atoms with Crippen LogP contribution in [0.5, 0.6) is 0 Å². The van der Waals surface area contributed by atoms with Gasteiger partial charge in [-0.3, -0.25) is 4.90 Å². The van der Waals surface area contributed by atoms with E-state index in [4.69, 9.17) is 0 Å². The molecular weight excluding hydrogens is 220 g/mol. The van der Waals surface area contributed by atoms with Crippen LogP contribution in [-0.2, 0) is 0 Å². The normalized spacial score (nSPS) is 31.8. The molecule has 1 saturated heterocycles. The van der Waals surface area contributed by atoms with Crippen LogP contribution < -0.4 is 5.32 Å². The van der Waals surface area contributed by atoms with Crippen molar-refractivity contribution in [3.05, 3.63) is 0 Å². The third-order valence-corrected chi connectivity index (χ3v) is 4.74. The Labute approximate surface area is 114 Å². The van der Waals surface area contributed by atoms with Gasteiger partial charge in [0.25, 0.3) is 0 Å². The van der Waals surface area contributed by atoms with Crippen molar-refractivity contribution in [2.45, 2.75) is 65.5 Å². The van der Waals surface area contributed by atoms with Gasteiger partial charge in [0.15, 0.2) is 0 Å². The molecule has 2 heteroatoms. The summed E-state index contributed by atoms with van der Waals surface area (Å²) in [6, 6.07) is 1.56. The number of nitrogens with one attached hydrogen (secondary N) is 1. The molecule has 1 heterocycles. The van der Waals surface area contributed by atoms with Gasteiger partial charge in [0.05, 0.1) is 0 Å². The van der Waals surface area contributed by atoms with E-state index in [1.807, 2.05) is 0 Å². The lowest BCUT2D eigenvalue weighted by Crippen LogP contribution is -2.58. The Kier molecular flexibility index (Phi) is 5.08. The maximum atomic E-state index is 3.82. The lowest BCUT2D eigenvalue weighted by atomic mass is 9.96. The molecule has 0 aromatic heterocycles. The Balaban J connectivity index is 1.91. The smallest absolute Gasteiger partial charge is 0.0224 e. The van der Waals surface area contributed by atoms with Crippen molar-refractivity contribution in [3.63, 3.8) is 0 Å². The molecule has 2 nitrogen and oxygen atoms in total. The molecular formula is C16H32N2. The van der Waals surface area contributed by atoms with Crippen LogP contribution in [0, 0.1) is 17.8 Å². The van der Waals surface area contributed by atoms with Gasteiger partial charge in [-0.1, -0.05) is 34.1 Å². The summed E-state index contributed by atoms with van der Waals surface area (Å²) in [6.07, 6.45) is 5.58. The molecule has 0 aromatic rings. The zero-order valence-corrected chi connectivity index (χ0v) is 12.8. The van der Waals surface area contributed by atoms with Crippen LogP contribution in [0.15, 0.2) is 0 Å². The Hall–Kier alpha value is -0.0800. The van der Waals surface area contributed by atoms with Crippen molar-refractivity contribution in [1.29, 1.82) is 0 Å².